The monoisotopic (exact) mass is 266 g/mol. The molecule has 1 aromatic heterocycles. The first kappa shape index (κ1) is 12.8. The molecule has 0 spiro atoms. The predicted molar refractivity (Wildman–Crippen MR) is 80.3 cm³/mol. The molecule has 1 unspecified atom stereocenters. The quantitative estimate of drug-likeness (QED) is 0.790. The third-order valence-corrected chi connectivity index (χ3v) is 3.60. The average molecular weight is 266 g/mol. The molecule has 20 heavy (non-hydrogen) atoms. The highest BCUT2D eigenvalue weighted by Gasteiger charge is 2.11. The Kier molecular flexibility index (Phi) is 3.48. The second-order valence-corrected chi connectivity index (χ2v) is 4.91. The van der Waals surface area contributed by atoms with Gasteiger partial charge in [-0.25, -0.2) is 4.98 Å². The number of nitrogens with zero attached hydrogens (tertiary/aromatic N) is 3. The number of hydrogen-bond donors (Lipinski definition) is 1. The molecule has 3 rings (SSSR count). The number of fused-ring (bicyclic) bond motifs is 1. The predicted octanol–water partition coefficient (Wildman–Crippen LogP) is 2.69. The summed E-state index contributed by atoms with van der Waals surface area (Å²) in [6.45, 7) is 2.87. The summed E-state index contributed by atoms with van der Waals surface area (Å²) >= 11 is 0. The topological polar surface area (TPSA) is 56.7 Å². The molecule has 4 nitrogen and oxygen atoms in total. The number of nitrogens with two attached hydrogens (primary N) is 1. The van der Waals surface area contributed by atoms with Gasteiger partial charge in [0.05, 0.1) is 0 Å². The van der Waals surface area contributed by atoms with E-state index in [-0.39, 0.29) is 6.04 Å². The van der Waals surface area contributed by atoms with Crippen LogP contribution < -0.4 is 5.73 Å². The van der Waals surface area contributed by atoms with Gasteiger partial charge in [0, 0.05) is 19.0 Å². The standard InChI is InChI=1S/C16H18N4/c1-2-20-16(18-11-19-20)10-15(17)14-8-7-12-5-3-4-6-13(12)9-14/h3-9,11,15H,2,10,17H2,1H3. The number of aromatic nitrogens is 3. The highest BCUT2D eigenvalue weighted by atomic mass is 15.3. The van der Waals surface area contributed by atoms with Crippen LogP contribution in [0.5, 0.6) is 0 Å². The van der Waals surface area contributed by atoms with Crippen LogP contribution in [0, 0.1) is 0 Å². The van der Waals surface area contributed by atoms with Crippen molar-refractivity contribution in [3.05, 3.63) is 60.2 Å². The first-order valence-corrected chi connectivity index (χ1v) is 6.89. The van der Waals surface area contributed by atoms with Gasteiger partial charge in [0.15, 0.2) is 0 Å². The lowest BCUT2D eigenvalue weighted by Crippen LogP contribution is -2.16. The minimum atomic E-state index is -0.0610. The SMILES string of the molecule is CCn1ncnc1CC(N)c1ccc2ccccc2c1. The maximum atomic E-state index is 6.32. The molecular formula is C16H18N4. The van der Waals surface area contributed by atoms with Crippen LogP contribution in [0.4, 0.5) is 0 Å². The van der Waals surface area contributed by atoms with E-state index < -0.39 is 0 Å². The summed E-state index contributed by atoms with van der Waals surface area (Å²) in [5.74, 6) is 0.938. The van der Waals surface area contributed by atoms with Crippen LogP contribution in [0.15, 0.2) is 48.8 Å². The minimum absolute atomic E-state index is 0.0610. The molecule has 0 fully saturated rings. The van der Waals surface area contributed by atoms with Gasteiger partial charge in [-0.2, -0.15) is 5.10 Å². The Morgan fingerprint density at radius 1 is 1.15 bits per heavy atom. The fraction of sp³-hybridized carbons (Fsp3) is 0.250. The van der Waals surface area contributed by atoms with Gasteiger partial charge < -0.3 is 5.73 Å². The summed E-state index contributed by atoms with van der Waals surface area (Å²) in [7, 11) is 0. The number of benzene rings is 2. The summed E-state index contributed by atoms with van der Waals surface area (Å²) in [6.07, 6.45) is 2.29. The van der Waals surface area contributed by atoms with Crippen LogP contribution in [-0.2, 0) is 13.0 Å². The fourth-order valence-electron chi connectivity index (χ4n) is 2.46. The van der Waals surface area contributed by atoms with Gasteiger partial charge in [-0.3, -0.25) is 4.68 Å². The molecular weight excluding hydrogens is 248 g/mol. The maximum absolute atomic E-state index is 6.32. The summed E-state index contributed by atoms with van der Waals surface area (Å²) < 4.78 is 1.89. The van der Waals surface area contributed by atoms with Crippen LogP contribution >= 0.6 is 0 Å². The minimum Gasteiger partial charge on any atom is -0.324 e. The number of hydrogen-bond acceptors (Lipinski definition) is 3. The zero-order chi connectivity index (χ0) is 13.9. The van der Waals surface area contributed by atoms with Gasteiger partial charge in [-0.05, 0) is 29.3 Å². The molecule has 0 radical (unpaired) electrons. The Balaban J connectivity index is 1.86. The van der Waals surface area contributed by atoms with E-state index in [1.807, 2.05) is 16.8 Å². The molecule has 102 valence electrons. The van der Waals surface area contributed by atoms with Crippen molar-refractivity contribution in [1.29, 1.82) is 0 Å². The summed E-state index contributed by atoms with van der Waals surface area (Å²) in [5.41, 5.74) is 7.45. The van der Waals surface area contributed by atoms with E-state index in [1.165, 1.54) is 10.8 Å². The molecule has 2 aromatic carbocycles. The lowest BCUT2D eigenvalue weighted by molar-refractivity contribution is 0.581. The first-order valence-electron chi connectivity index (χ1n) is 6.89. The lowest BCUT2D eigenvalue weighted by Gasteiger charge is -2.13. The summed E-state index contributed by atoms with van der Waals surface area (Å²) in [5, 5.41) is 6.64. The van der Waals surface area contributed by atoms with Crippen molar-refractivity contribution < 1.29 is 0 Å². The van der Waals surface area contributed by atoms with E-state index in [2.05, 4.69) is 47.3 Å². The fourth-order valence-corrected chi connectivity index (χ4v) is 2.46. The van der Waals surface area contributed by atoms with Gasteiger partial charge in [-0.15, -0.1) is 0 Å². The molecule has 0 saturated heterocycles. The largest absolute Gasteiger partial charge is 0.324 e. The Morgan fingerprint density at radius 3 is 2.75 bits per heavy atom. The molecule has 1 atom stereocenters. The van der Waals surface area contributed by atoms with Crippen LogP contribution in [0.2, 0.25) is 0 Å². The Morgan fingerprint density at radius 2 is 1.95 bits per heavy atom. The smallest absolute Gasteiger partial charge is 0.138 e. The second kappa shape index (κ2) is 5.43. The lowest BCUT2D eigenvalue weighted by atomic mass is 10.0. The van der Waals surface area contributed by atoms with E-state index in [1.54, 1.807) is 6.33 Å². The zero-order valence-corrected chi connectivity index (χ0v) is 11.5. The molecule has 0 saturated carbocycles. The van der Waals surface area contributed by atoms with Crippen molar-refractivity contribution in [3.8, 4) is 0 Å². The Labute approximate surface area is 118 Å². The maximum Gasteiger partial charge on any atom is 0.138 e. The first-order chi connectivity index (χ1) is 9.78. The number of aryl methyl sites for hydroxylation is 1. The van der Waals surface area contributed by atoms with Gasteiger partial charge in [-0.1, -0.05) is 36.4 Å². The molecule has 0 aliphatic heterocycles. The van der Waals surface area contributed by atoms with Crippen molar-refractivity contribution in [2.75, 3.05) is 0 Å². The average Bonchev–Trinajstić information content (AvgIpc) is 2.94. The van der Waals surface area contributed by atoms with E-state index in [0.717, 1.165) is 17.9 Å². The van der Waals surface area contributed by atoms with Crippen molar-refractivity contribution >= 4 is 10.8 Å². The second-order valence-electron chi connectivity index (χ2n) is 4.91. The van der Waals surface area contributed by atoms with E-state index in [9.17, 15) is 0 Å². The molecule has 0 amide bonds. The van der Waals surface area contributed by atoms with Gasteiger partial charge in [0.25, 0.3) is 0 Å². The van der Waals surface area contributed by atoms with Crippen LogP contribution in [-0.4, -0.2) is 14.8 Å². The molecule has 1 heterocycles. The Hall–Kier alpha value is -2.20. The van der Waals surface area contributed by atoms with E-state index >= 15 is 0 Å². The molecule has 0 bridgehead atoms. The normalized spacial score (nSPS) is 12.7. The van der Waals surface area contributed by atoms with Crippen molar-refractivity contribution in [2.24, 2.45) is 5.73 Å². The van der Waals surface area contributed by atoms with Crippen LogP contribution in [0.25, 0.3) is 10.8 Å². The highest BCUT2D eigenvalue weighted by molar-refractivity contribution is 5.83. The molecule has 0 aliphatic carbocycles. The van der Waals surface area contributed by atoms with E-state index in [0.29, 0.717) is 6.42 Å². The number of rotatable bonds is 4. The van der Waals surface area contributed by atoms with Crippen LogP contribution in [0.3, 0.4) is 0 Å². The van der Waals surface area contributed by atoms with Crippen molar-refractivity contribution in [2.45, 2.75) is 25.9 Å². The van der Waals surface area contributed by atoms with E-state index in [4.69, 9.17) is 5.73 Å². The zero-order valence-electron chi connectivity index (χ0n) is 11.5. The van der Waals surface area contributed by atoms with Gasteiger partial charge in [0.1, 0.15) is 12.2 Å². The van der Waals surface area contributed by atoms with Crippen molar-refractivity contribution in [3.63, 3.8) is 0 Å². The Bertz CT molecular complexity index is 717. The van der Waals surface area contributed by atoms with Gasteiger partial charge >= 0.3 is 0 Å². The third-order valence-electron chi connectivity index (χ3n) is 3.60. The summed E-state index contributed by atoms with van der Waals surface area (Å²) in [6, 6.07) is 14.6. The molecule has 0 aliphatic rings. The third kappa shape index (κ3) is 2.42. The molecule has 3 aromatic rings. The van der Waals surface area contributed by atoms with Crippen molar-refractivity contribution in [1.82, 2.24) is 14.8 Å². The molecule has 2 N–H and O–H groups in total. The highest BCUT2D eigenvalue weighted by Crippen LogP contribution is 2.21. The summed E-state index contributed by atoms with van der Waals surface area (Å²) in [4.78, 5) is 4.29. The van der Waals surface area contributed by atoms with Crippen LogP contribution in [0.1, 0.15) is 24.4 Å². The molecule has 4 heteroatoms. The van der Waals surface area contributed by atoms with Gasteiger partial charge in [0.2, 0.25) is 0 Å².